The minimum absolute atomic E-state index is 0.0914. The number of aromatic nitrogens is 2. The first-order valence-corrected chi connectivity index (χ1v) is 10.5. The molecular formula is C19H21N3O3S2. The predicted molar refractivity (Wildman–Crippen MR) is 111 cm³/mol. The zero-order valence-electron chi connectivity index (χ0n) is 15.2. The number of anilines is 1. The minimum atomic E-state index is -0.126. The van der Waals surface area contributed by atoms with E-state index in [-0.39, 0.29) is 17.2 Å². The van der Waals surface area contributed by atoms with Gasteiger partial charge in [-0.2, -0.15) is 0 Å². The number of ether oxygens (including phenoxy) is 1. The van der Waals surface area contributed by atoms with Gasteiger partial charge in [-0.15, -0.1) is 11.3 Å². The third-order valence-electron chi connectivity index (χ3n) is 4.05. The summed E-state index contributed by atoms with van der Waals surface area (Å²) in [5.41, 5.74) is 2.48. The second kappa shape index (κ2) is 9.16. The van der Waals surface area contributed by atoms with Gasteiger partial charge in [0.15, 0.2) is 5.16 Å². The molecule has 0 aliphatic carbocycles. The number of rotatable bonds is 8. The molecule has 2 aromatic heterocycles. The van der Waals surface area contributed by atoms with E-state index in [1.807, 2.05) is 42.6 Å². The Morgan fingerprint density at radius 2 is 2.15 bits per heavy atom. The first-order valence-electron chi connectivity index (χ1n) is 8.61. The van der Waals surface area contributed by atoms with E-state index in [1.165, 1.54) is 23.1 Å². The molecule has 142 valence electrons. The maximum absolute atomic E-state index is 12.7. The van der Waals surface area contributed by atoms with E-state index >= 15 is 0 Å². The van der Waals surface area contributed by atoms with Crippen LogP contribution >= 0.6 is 23.1 Å². The van der Waals surface area contributed by atoms with Crippen LogP contribution in [0, 0.1) is 0 Å². The number of carbonyl (C=O) groups is 1. The Morgan fingerprint density at radius 1 is 1.33 bits per heavy atom. The van der Waals surface area contributed by atoms with Crippen molar-refractivity contribution in [3.8, 4) is 0 Å². The van der Waals surface area contributed by atoms with Gasteiger partial charge < -0.3 is 10.1 Å². The van der Waals surface area contributed by atoms with Crippen molar-refractivity contribution in [2.24, 2.45) is 0 Å². The normalized spacial score (nSPS) is 11.0. The lowest BCUT2D eigenvalue weighted by atomic mass is 10.1. The van der Waals surface area contributed by atoms with Crippen molar-refractivity contribution in [2.45, 2.75) is 25.0 Å². The van der Waals surface area contributed by atoms with Gasteiger partial charge in [0.25, 0.3) is 5.56 Å². The molecule has 0 aliphatic heterocycles. The highest BCUT2D eigenvalue weighted by atomic mass is 32.2. The molecule has 0 bridgehead atoms. The molecule has 1 N–H and O–H groups in total. The summed E-state index contributed by atoms with van der Waals surface area (Å²) in [6.07, 6.45) is 0.844. The summed E-state index contributed by atoms with van der Waals surface area (Å²) >= 11 is 2.63. The molecule has 3 aromatic rings. The fourth-order valence-corrected chi connectivity index (χ4v) is 4.28. The number of benzene rings is 1. The molecule has 0 spiro atoms. The second-order valence-corrected chi connectivity index (χ2v) is 7.69. The van der Waals surface area contributed by atoms with E-state index in [4.69, 9.17) is 4.74 Å². The summed E-state index contributed by atoms with van der Waals surface area (Å²) in [6.45, 7) is 2.86. The van der Waals surface area contributed by atoms with Crippen molar-refractivity contribution in [1.29, 1.82) is 0 Å². The zero-order chi connectivity index (χ0) is 19.2. The van der Waals surface area contributed by atoms with Gasteiger partial charge in [-0.1, -0.05) is 36.9 Å². The maximum Gasteiger partial charge on any atom is 0.272 e. The molecule has 1 amide bonds. The molecule has 0 fully saturated rings. The van der Waals surface area contributed by atoms with Gasteiger partial charge in [0.1, 0.15) is 4.70 Å². The molecular weight excluding hydrogens is 382 g/mol. The third kappa shape index (κ3) is 4.58. The molecule has 0 saturated carbocycles. The highest BCUT2D eigenvalue weighted by Crippen LogP contribution is 2.22. The number of nitrogens with zero attached hydrogens (tertiary/aromatic N) is 2. The van der Waals surface area contributed by atoms with Crippen LogP contribution < -0.4 is 10.9 Å². The molecule has 2 heterocycles. The first-order chi connectivity index (χ1) is 13.1. The molecule has 8 heteroatoms. The molecule has 0 atom stereocenters. The smallest absolute Gasteiger partial charge is 0.272 e. The van der Waals surface area contributed by atoms with Crippen LogP contribution in [0.15, 0.2) is 45.7 Å². The number of amides is 1. The van der Waals surface area contributed by atoms with Crippen molar-refractivity contribution in [1.82, 2.24) is 9.55 Å². The average molecular weight is 404 g/mol. The number of aryl methyl sites for hydroxylation is 1. The van der Waals surface area contributed by atoms with Crippen molar-refractivity contribution in [3.05, 3.63) is 51.6 Å². The third-order valence-corrected chi connectivity index (χ3v) is 5.92. The van der Waals surface area contributed by atoms with Gasteiger partial charge in [0.05, 0.1) is 24.4 Å². The van der Waals surface area contributed by atoms with Gasteiger partial charge in [0.2, 0.25) is 5.91 Å². The number of para-hydroxylation sites is 1. The molecule has 0 saturated heterocycles. The number of hydrogen-bond donors (Lipinski definition) is 1. The maximum atomic E-state index is 12.7. The largest absolute Gasteiger partial charge is 0.383 e. The van der Waals surface area contributed by atoms with Gasteiger partial charge in [0, 0.05) is 12.8 Å². The summed E-state index contributed by atoms with van der Waals surface area (Å²) < 4.78 is 7.31. The average Bonchev–Trinajstić information content (AvgIpc) is 3.15. The van der Waals surface area contributed by atoms with Gasteiger partial charge in [-0.3, -0.25) is 14.2 Å². The topological polar surface area (TPSA) is 73.2 Å². The lowest BCUT2D eigenvalue weighted by Gasteiger charge is -2.12. The highest BCUT2D eigenvalue weighted by molar-refractivity contribution is 7.99. The van der Waals surface area contributed by atoms with Crippen LogP contribution in [0.5, 0.6) is 0 Å². The van der Waals surface area contributed by atoms with Crippen LogP contribution in [-0.2, 0) is 22.5 Å². The lowest BCUT2D eigenvalue weighted by Crippen LogP contribution is -2.25. The quantitative estimate of drug-likeness (QED) is 0.461. The molecule has 0 unspecified atom stereocenters. The number of methoxy groups -OCH3 is 1. The molecule has 0 radical (unpaired) electrons. The molecule has 0 aliphatic rings. The predicted octanol–water partition coefficient (Wildman–Crippen LogP) is 3.40. The summed E-state index contributed by atoms with van der Waals surface area (Å²) in [5, 5.41) is 5.32. The standard InChI is InChI=1S/C19H21N3O3S2/c1-3-13-6-4-5-7-14(13)20-16(23)12-27-19-21-15-8-11-26-17(15)18(24)22(19)9-10-25-2/h4-8,11H,3,9-10,12H2,1-2H3,(H,20,23). The fraction of sp³-hybridized carbons (Fsp3) is 0.316. The summed E-state index contributed by atoms with van der Waals surface area (Å²) in [4.78, 5) is 29.7. The van der Waals surface area contributed by atoms with Crippen LogP contribution in [0.3, 0.4) is 0 Å². The van der Waals surface area contributed by atoms with Crippen LogP contribution in [-0.4, -0.2) is 34.9 Å². The van der Waals surface area contributed by atoms with E-state index in [1.54, 1.807) is 11.7 Å². The SMILES string of the molecule is CCc1ccccc1NC(=O)CSc1nc2ccsc2c(=O)n1CCOC. The van der Waals surface area contributed by atoms with Crippen molar-refractivity contribution in [2.75, 3.05) is 24.8 Å². The molecule has 27 heavy (non-hydrogen) atoms. The number of hydrogen-bond acceptors (Lipinski definition) is 6. The summed E-state index contributed by atoms with van der Waals surface area (Å²) in [7, 11) is 1.59. The van der Waals surface area contributed by atoms with E-state index in [0.29, 0.717) is 28.5 Å². The van der Waals surface area contributed by atoms with E-state index in [2.05, 4.69) is 10.3 Å². The van der Waals surface area contributed by atoms with E-state index < -0.39 is 0 Å². The Labute approximate surface area is 165 Å². The fourth-order valence-electron chi connectivity index (χ4n) is 2.68. The molecule has 3 rings (SSSR count). The molecule has 1 aromatic carbocycles. The lowest BCUT2D eigenvalue weighted by molar-refractivity contribution is -0.113. The van der Waals surface area contributed by atoms with Crippen molar-refractivity contribution in [3.63, 3.8) is 0 Å². The van der Waals surface area contributed by atoms with Crippen LogP contribution in [0.4, 0.5) is 5.69 Å². The Kier molecular flexibility index (Phi) is 6.65. The van der Waals surface area contributed by atoms with Crippen LogP contribution in [0.2, 0.25) is 0 Å². The van der Waals surface area contributed by atoms with Crippen LogP contribution in [0.1, 0.15) is 12.5 Å². The second-order valence-electron chi connectivity index (χ2n) is 5.83. The van der Waals surface area contributed by atoms with Gasteiger partial charge in [-0.05, 0) is 29.5 Å². The minimum Gasteiger partial charge on any atom is -0.383 e. The monoisotopic (exact) mass is 403 g/mol. The highest BCUT2D eigenvalue weighted by Gasteiger charge is 2.14. The van der Waals surface area contributed by atoms with E-state index in [0.717, 1.165) is 17.7 Å². The van der Waals surface area contributed by atoms with Crippen molar-refractivity contribution < 1.29 is 9.53 Å². The van der Waals surface area contributed by atoms with Gasteiger partial charge >= 0.3 is 0 Å². The van der Waals surface area contributed by atoms with Gasteiger partial charge in [-0.25, -0.2) is 4.98 Å². The number of thiophene rings is 1. The summed E-state index contributed by atoms with van der Waals surface area (Å²) in [5.74, 6) is 0.0477. The Morgan fingerprint density at radius 3 is 2.93 bits per heavy atom. The Balaban J connectivity index is 1.77. The number of carbonyl (C=O) groups excluding carboxylic acids is 1. The Bertz CT molecular complexity index is 997. The molecule has 6 nitrogen and oxygen atoms in total. The summed E-state index contributed by atoms with van der Waals surface area (Å²) in [6, 6.07) is 9.57. The zero-order valence-corrected chi connectivity index (χ0v) is 16.9. The van der Waals surface area contributed by atoms with E-state index in [9.17, 15) is 9.59 Å². The van der Waals surface area contributed by atoms with Crippen molar-refractivity contribution >= 4 is 44.9 Å². The first kappa shape index (κ1) is 19.6. The number of fused-ring (bicyclic) bond motifs is 1. The number of nitrogens with one attached hydrogen (secondary N) is 1. The Hall–Kier alpha value is -2.16. The van der Waals surface area contributed by atoms with Crippen LogP contribution in [0.25, 0.3) is 10.2 Å². The number of thioether (sulfide) groups is 1.